The van der Waals surface area contributed by atoms with E-state index in [1.165, 1.54) is 19.3 Å². The molecule has 0 aromatic heterocycles. The van der Waals surface area contributed by atoms with Crippen molar-refractivity contribution < 1.29 is 9.90 Å². The monoisotopic (exact) mass is 228 g/mol. The zero-order valence-corrected chi connectivity index (χ0v) is 10.6. The molecule has 2 atom stereocenters. The van der Waals surface area contributed by atoms with Crippen molar-refractivity contribution in [1.29, 1.82) is 0 Å². The molecule has 1 aliphatic heterocycles. The number of likely N-dealkylation sites (N-methyl/N-ethyl adjacent to an activating group) is 1. The van der Waals surface area contributed by atoms with Crippen molar-refractivity contribution in [3.05, 3.63) is 0 Å². The second-order valence-electron chi connectivity index (χ2n) is 5.04. The number of carboxylic acids is 1. The third-order valence-electron chi connectivity index (χ3n) is 3.74. The normalized spacial score (nSPS) is 26.3. The molecular formula is C12H24N2O2. The molecule has 0 saturated carbocycles. The van der Waals surface area contributed by atoms with Gasteiger partial charge < -0.3 is 15.3 Å². The van der Waals surface area contributed by atoms with Gasteiger partial charge in [0, 0.05) is 13.1 Å². The number of rotatable bonds is 5. The van der Waals surface area contributed by atoms with Gasteiger partial charge in [-0.15, -0.1) is 0 Å². The van der Waals surface area contributed by atoms with Gasteiger partial charge >= 0.3 is 5.97 Å². The Morgan fingerprint density at radius 2 is 2.31 bits per heavy atom. The number of piperidine rings is 1. The summed E-state index contributed by atoms with van der Waals surface area (Å²) in [7, 11) is 1.72. The molecule has 2 N–H and O–H groups in total. The van der Waals surface area contributed by atoms with E-state index in [-0.39, 0.29) is 0 Å². The summed E-state index contributed by atoms with van der Waals surface area (Å²) < 4.78 is 0. The smallest absolute Gasteiger partial charge is 0.324 e. The first kappa shape index (κ1) is 13.5. The molecular weight excluding hydrogens is 204 g/mol. The second-order valence-corrected chi connectivity index (χ2v) is 5.04. The molecule has 94 valence electrons. The fraction of sp³-hybridized carbons (Fsp3) is 0.917. The summed E-state index contributed by atoms with van der Waals surface area (Å²) in [5.74, 6) is -0.0303. The number of hydrogen-bond donors (Lipinski definition) is 2. The van der Waals surface area contributed by atoms with Gasteiger partial charge in [0.2, 0.25) is 0 Å². The van der Waals surface area contributed by atoms with E-state index in [1.807, 2.05) is 0 Å². The minimum Gasteiger partial charge on any atom is -0.480 e. The van der Waals surface area contributed by atoms with Crippen LogP contribution in [-0.4, -0.2) is 48.2 Å². The number of carboxylic acid groups (broad SMARTS) is 1. The van der Waals surface area contributed by atoms with Crippen LogP contribution in [0.4, 0.5) is 0 Å². The minimum absolute atomic E-state index is 0.593. The number of hydrogen-bond acceptors (Lipinski definition) is 3. The van der Waals surface area contributed by atoms with E-state index in [4.69, 9.17) is 0 Å². The third kappa shape index (κ3) is 3.19. The van der Waals surface area contributed by atoms with Gasteiger partial charge in [0.05, 0.1) is 0 Å². The van der Waals surface area contributed by atoms with Gasteiger partial charge in [-0.3, -0.25) is 4.79 Å². The Morgan fingerprint density at radius 1 is 1.62 bits per heavy atom. The number of likely N-dealkylation sites (tertiary alicyclic amines) is 1. The summed E-state index contributed by atoms with van der Waals surface area (Å²) >= 11 is 0. The molecule has 0 aromatic rings. The molecule has 1 aliphatic rings. The summed E-state index contributed by atoms with van der Waals surface area (Å²) in [6.07, 6.45) is 3.67. The highest BCUT2D eigenvalue weighted by Crippen LogP contribution is 2.20. The molecule has 1 saturated heterocycles. The van der Waals surface area contributed by atoms with Crippen molar-refractivity contribution in [3.63, 3.8) is 0 Å². The second kappa shape index (κ2) is 5.64. The zero-order chi connectivity index (χ0) is 12.2. The molecule has 1 rings (SSSR count). The lowest BCUT2D eigenvalue weighted by Crippen LogP contribution is -2.56. The number of carbonyl (C=O) groups is 1. The molecule has 0 aliphatic carbocycles. The highest BCUT2D eigenvalue weighted by atomic mass is 16.4. The van der Waals surface area contributed by atoms with Crippen LogP contribution in [0.25, 0.3) is 0 Å². The fourth-order valence-corrected chi connectivity index (χ4v) is 2.33. The maximum absolute atomic E-state index is 11.2. The van der Waals surface area contributed by atoms with E-state index < -0.39 is 11.5 Å². The quantitative estimate of drug-likeness (QED) is 0.741. The summed E-state index contributed by atoms with van der Waals surface area (Å²) in [5.41, 5.74) is -0.824. The summed E-state index contributed by atoms with van der Waals surface area (Å²) in [6, 6.07) is 0. The van der Waals surface area contributed by atoms with Gasteiger partial charge in [0.15, 0.2) is 0 Å². The average molecular weight is 228 g/mol. The van der Waals surface area contributed by atoms with Gasteiger partial charge in [0.1, 0.15) is 5.54 Å². The van der Waals surface area contributed by atoms with E-state index in [9.17, 15) is 9.90 Å². The zero-order valence-electron chi connectivity index (χ0n) is 10.6. The standard InChI is InChI=1S/C12H24N2O2/c1-4-10-6-5-7-14(8-10)9-12(2,13-3)11(15)16/h10,13H,4-9H2,1-3H3,(H,15,16). The predicted octanol–water partition coefficient (Wildman–Crippen LogP) is 1.17. The van der Waals surface area contributed by atoms with Crippen molar-refractivity contribution in [2.45, 2.75) is 38.6 Å². The van der Waals surface area contributed by atoms with E-state index in [0.29, 0.717) is 6.54 Å². The first-order valence-electron chi connectivity index (χ1n) is 6.16. The van der Waals surface area contributed by atoms with Crippen molar-refractivity contribution in [2.75, 3.05) is 26.7 Å². The molecule has 0 amide bonds. The topological polar surface area (TPSA) is 52.6 Å². The largest absolute Gasteiger partial charge is 0.480 e. The highest BCUT2D eigenvalue weighted by Gasteiger charge is 2.34. The molecule has 0 bridgehead atoms. The van der Waals surface area contributed by atoms with Gasteiger partial charge in [-0.1, -0.05) is 13.3 Å². The number of nitrogens with one attached hydrogen (secondary N) is 1. The Balaban J connectivity index is 2.55. The van der Waals surface area contributed by atoms with Crippen LogP contribution in [-0.2, 0) is 4.79 Å². The molecule has 1 fully saturated rings. The van der Waals surface area contributed by atoms with Crippen LogP contribution in [0.1, 0.15) is 33.1 Å². The van der Waals surface area contributed by atoms with E-state index in [0.717, 1.165) is 19.0 Å². The molecule has 1 heterocycles. The average Bonchev–Trinajstić information content (AvgIpc) is 2.29. The fourth-order valence-electron chi connectivity index (χ4n) is 2.33. The molecule has 4 nitrogen and oxygen atoms in total. The Morgan fingerprint density at radius 3 is 2.81 bits per heavy atom. The van der Waals surface area contributed by atoms with E-state index >= 15 is 0 Å². The SMILES string of the molecule is CCC1CCCN(CC(C)(NC)C(=O)O)C1. The summed E-state index contributed by atoms with van der Waals surface area (Å²) in [6.45, 7) is 6.63. The van der Waals surface area contributed by atoms with Crippen molar-refractivity contribution in [2.24, 2.45) is 5.92 Å². The third-order valence-corrected chi connectivity index (χ3v) is 3.74. The van der Waals surface area contributed by atoms with Crippen LogP contribution >= 0.6 is 0 Å². The summed E-state index contributed by atoms with van der Waals surface area (Å²) in [5, 5.41) is 12.1. The lowest BCUT2D eigenvalue weighted by atomic mass is 9.93. The predicted molar refractivity (Wildman–Crippen MR) is 64.6 cm³/mol. The van der Waals surface area contributed by atoms with Crippen LogP contribution in [0.3, 0.4) is 0 Å². The van der Waals surface area contributed by atoms with Gasteiger partial charge in [0.25, 0.3) is 0 Å². The Labute approximate surface area is 98.0 Å². The van der Waals surface area contributed by atoms with Crippen molar-refractivity contribution >= 4 is 5.97 Å². The van der Waals surface area contributed by atoms with Crippen LogP contribution in [0.5, 0.6) is 0 Å². The molecule has 0 aromatic carbocycles. The Hall–Kier alpha value is -0.610. The first-order chi connectivity index (χ1) is 7.51. The number of nitrogens with zero attached hydrogens (tertiary/aromatic N) is 1. The molecule has 0 radical (unpaired) electrons. The highest BCUT2D eigenvalue weighted by molar-refractivity contribution is 5.78. The van der Waals surface area contributed by atoms with E-state index in [1.54, 1.807) is 14.0 Å². The van der Waals surface area contributed by atoms with Gasteiger partial charge in [-0.05, 0) is 39.3 Å². The molecule has 16 heavy (non-hydrogen) atoms. The first-order valence-corrected chi connectivity index (χ1v) is 6.16. The van der Waals surface area contributed by atoms with Crippen molar-refractivity contribution in [3.8, 4) is 0 Å². The number of aliphatic carboxylic acids is 1. The van der Waals surface area contributed by atoms with E-state index in [2.05, 4.69) is 17.1 Å². The van der Waals surface area contributed by atoms with Crippen LogP contribution in [0.15, 0.2) is 0 Å². The van der Waals surface area contributed by atoms with Gasteiger partial charge in [-0.25, -0.2) is 0 Å². The lowest BCUT2D eigenvalue weighted by Gasteiger charge is -2.37. The molecule has 0 spiro atoms. The van der Waals surface area contributed by atoms with Crippen molar-refractivity contribution in [1.82, 2.24) is 10.2 Å². The molecule has 2 unspecified atom stereocenters. The maximum atomic E-state index is 11.2. The van der Waals surface area contributed by atoms with Crippen LogP contribution in [0.2, 0.25) is 0 Å². The van der Waals surface area contributed by atoms with Crippen LogP contribution < -0.4 is 5.32 Å². The molecule has 4 heteroatoms. The Kier molecular flexibility index (Phi) is 4.74. The van der Waals surface area contributed by atoms with Crippen LogP contribution in [0, 0.1) is 5.92 Å². The minimum atomic E-state index is -0.824. The maximum Gasteiger partial charge on any atom is 0.324 e. The van der Waals surface area contributed by atoms with Gasteiger partial charge in [-0.2, -0.15) is 0 Å². The lowest BCUT2D eigenvalue weighted by molar-refractivity contribution is -0.145. The summed E-state index contributed by atoms with van der Waals surface area (Å²) in [4.78, 5) is 13.5. The Bertz CT molecular complexity index is 245.